The van der Waals surface area contributed by atoms with Crippen LogP contribution < -0.4 is 0 Å². The van der Waals surface area contributed by atoms with E-state index >= 15 is 0 Å². The van der Waals surface area contributed by atoms with Gasteiger partial charge in [-0.3, -0.25) is 0 Å². The van der Waals surface area contributed by atoms with Crippen molar-refractivity contribution in [3.8, 4) is 0 Å². The van der Waals surface area contributed by atoms with Crippen LogP contribution in [0.1, 0.15) is 11.1 Å². The van der Waals surface area contributed by atoms with E-state index < -0.39 is 0 Å². The quantitative estimate of drug-likeness (QED) is 0.813. The molecule has 1 aromatic rings. The number of aliphatic hydroxyl groups is 1. The molecule has 1 aliphatic rings. The molecule has 3 heteroatoms. The van der Waals surface area contributed by atoms with E-state index in [0.29, 0.717) is 6.61 Å². The van der Waals surface area contributed by atoms with Crippen LogP contribution in [0.25, 0.3) is 0 Å². The summed E-state index contributed by atoms with van der Waals surface area (Å²) in [5, 5.41) is 8.88. The van der Waals surface area contributed by atoms with Gasteiger partial charge in [0.05, 0.1) is 13.2 Å². The molecule has 15 heavy (non-hydrogen) atoms. The summed E-state index contributed by atoms with van der Waals surface area (Å²) in [4.78, 5) is 0. The molecular formula is C12H16O3. The third-order valence-corrected chi connectivity index (χ3v) is 2.54. The van der Waals surface area contributed by atoms with Gasteiger partial charge in [0.15, 0.2) is 6.29 Å². The second-order valence-electron chi connectivity index (χ2n) is 3.89. The van der Waals surface area contributed by atoms with E-state index in [2.05, 4.69) is 31.2 Å². The van der Waals surface area contributed by atoms with Gasteiger partial charge in [-0.25, -0.2) is 0 Å². The molecule has 0 spiro atoms. The molecule has 1 aliphatic heterocycles. The molecule has 0 radical (unpaired) electrons. The Hall–Kier alpha value is -0.900. The number of aliphatic hydroxyl groups excluding tert-OH is 1. The Kier molecular flexibility index (Phi) is 3.36. The Morgan fingerprint density at radius 2 is 2.07 bits per heavy atom. The Balaban J connectivity index is 1.90. The van der Waals surface area contributed by atoms with Crippen molar-refractivity contribution in [2.75, 3.05) is 13.2 Å². The fourth-order valence-electron chi connectivity index (χ4n) is 1.63. The fourth-order valence-corrected chi connectivity index (χ4v) is 1.63. The molecule has 1 fully saturated rings. The van der Waals surface area contributed by atoms with Crippen molar-refractivity contribution < 1.29 is 14.6 Å². The predicted octanol–water partition coefficient (Wildman–Crippen LogP) is 1.27. The van der Waals surface area contributed by atoms with Crippen molar-refractivity contribution in [3.63, 3.8) is 0 Å². The van der Waals surface area contributed by atoms with Crippen LogP contribution in [0.4, 0.5) is 0 Å². The second kappa shape index (κ2) is 4.75. The van der Waals surface area contributed by atoms with E-state index in [1.165, 1.54) is 11.1 Å². The molecule has 82 valence electrons. The summed E-state index contributed by atoms with van der Waals surface area (Å²) in [5.41, 5.74) is 2.45. The highest BCUT2D eigenvalue weighted by molar-refractivity contribution is 5.21. The van der Waals surface area contributed by atoms with Gasteiger partial charge in [-0.05, 0) is 12.5 Å². The molecule has 1 N–H and O–H groups in total. The van der Waals surface area contributed by atoms with Crippen molar-refractivity contribution in [3.05, 3.63) is 35.4 Å². The molecule has 0 aliphatic carbocycles. The average molecular weight is 208 g/mol. The maximum absolute atomic E-state index is 8.88. The van der Waals surface area contributed by atoms with Gasteiger partial charge in [0.25, 0.3) is 0 Å². The SMILES string of the molecule is Cc1ccc(CC2OCC(CO)O2)cc1. The summed E-state index contributed by atoms with van der Waals surface area (Å²) in [7, 11) is 0. The number of hydrogen-bond donors (Lipinski definition) is 1. The zero-order valence-corrected chi connectivity index (χ0v) is 8.85. The number of hydrogen-bond acceptors (Lipinski definition) is 3. The van der Waals surface area contributed by atoms with Gasteiger partial charge in [-0.15, -0.1) is 0 Å². The highest BCUT2D eigenvalue weighted by atomic mass is 16.7. The number of benzene rings is 1. The minimum Gasteiger partial charge on any atom is -0.394 e. The minimum atomic E-state index is -0.204. The highest BCUT2D eigenvalue weighted by Crippen LogP contribution is 2.16. The van der Waals surface area contributed by atoms with Crippen molar-refractivity contribution in [1.82, 2.24) is 0 Å². The minimum absolute atomic E-state index is 0.0321. The summed E-state index contributed by atoms with van der Waals surface area (Å²) in [5.74, 6) is 0. The molecular weight excluding hydrogens is 192 g/mol. The molecule has 2 rings (SSSR count). The Labute approximate surface area is 89.6 Å². The lowest BCUT2D eigenvalue weighted by atomic mass is 10.1. The topological polar surface area (TPSA) is 38.7 Å². The van der Waals surface area contributed by atoms with Crippen LogP contribution in [-0.2, 0) is 15.9 Å². The first-order valence-electron chi connectivity index (χ1n) is 5.21. The molecule has 1 heterocycles. The molecule has 1 saturated heterocycles. The zero-order valence-electron chi connectivity index (χ0n) is 8.85. The van der Waals surface area contributed by atoms with Crippen LogP contribution >= 0.6 is 0 Å². The largest absolute Gasteiger partial charge is 0.394 e. The van der Waals surface area contributed by atoms with Crippen LogP contribution in [-0.4, -0.2) is 30.7 Å². The maximum atomic E-state index is 8.88. The lowest BCUT2D eigenvalue weighted by Crippen LogP contribution is -2.17. The number of aryl methyl sites for hydroxylation is 1. The van der Waals surface area contributed by atoms with E-state index in [0.717, 1.165) is 6.42 Å². The third kappa shape index (κ3) is 2.78. The number of rotatable bonds is 3. The van der Waals surface area contributed by atoms with E-state index in [9.17, 15) is 0 Å². The van der Waals surface area contributed by atoms with Crippen molar-refractivity contribution in [2.24, 2.45) is 0 Å². The molecule has 0 aromatic heterocycles. The standard InChI is InChI=1S/C12H16O3/c1-9-2-4-10(5-3-9)6-12-14-8-11(7-13)15-12/h2-5,11-13H,6-8H2,1H3. The van der Waals surface area contributed by atoms with Crippen LogP contribution in [0, 0.1) is 6.92 Å². The van der Waals surface area contributed by atoms with Gasteiger partial charge in [0, 0.05) is 6.42 Å². The van der Waals surface area contributed by atoms with Crippen LogP contribution in [0.2, 0.25) is 0 Å². The van der Waals surface area contributed by atoms with Crippen LogP contribution in [0.3, 0.4) is 0 Å². The van der Waals surface area contributed by atoms with Gasteiger partial charge in [0.2, 0.25) is 0 Å². The molecule has 1 aromatic carbocycles. The van der Waals surface area contributed by atoms with Gasteiger partial charge in [0.1, 0.15) is 6.10 Å². The Bertz CT molecular complexity index is 307. The predicted molar refractivity (Wildman–Crippen MR) is 56.6 cm³/mol. The summed E-state index contributed by atoms with van der Waals surface area (Å²) < 4.78 is 10.9. The zero-order chi connectivity index (χ0) is 10.7. The highest BCUT2D eigenvalue weighted by Gasteiger charge is 2.25. The van der Waals surface area contributed by atoms with Crippen LogP contribution in [0.15, 0.2) is 24.3 Å². The van der Waals surface area contributed by atoms with Gasteiger partial charge in [-0.2, -0.15) is 0 Å². The fraction of sp³-hybridized carbons (Fsp3) is 0.500. The van der Waals surface area contributed by atoms with Gasteiger partial charge >= 0.3 is 0 Å². The molecule has 0 bridgehead atoms. The molecule has 2 atom stereocenters. The first kappa shape index (κ1) is 10.6. The summed E-state index contributed by atoms with van der Waals surface area (Å²) in [6, 6.07) is 8.31. The average Bonchev–Trinajstić information content (AvgIpc) is 2.69. The maximum Gasteiger partial charge on any atom is 0.162 e. The first-order chi connectivity index (χ1) is 7.28. The molecule has 0 amide bonds. The lowest BCUT2D eigenvalue weighted by molar-refractivity contribution is -0.0632. The Morgan fingerprint density at radius 3 is 2.67 bits per heavy atom. The smallest absolute Gasteiger partial charge is 0.162 e. The first-order valence-corrected chi connectivity index (χ1v) is 5.21. The van der Waals surface area contributed by atoms with Crippen molar-refractivity contribution in [2.45, 2.75) is 25.7 Å². The molecule has 2 unspecified atom stereocenters. The second-order valence-corrected chi connectivity index (χ2v) is 3.89. The monoisotopic (exact) mass is 208 g/mol. The van der Waals surface area contributed by atoms with Crippen molar-refractivity contribution in [1.29, 1.82) is 0 Å². The van der Waals surface area contributed by atoms with Crippen molar-refractivity contribution >= 4 is 0 Å². The molecule has 3 nitrogen and oxygen atoms in total. The Morgan fingerprint density at radius 1 is 1.33 bits per heavy atom. The van der Waals surface area contributed by atoms with E-state index in [-0.39, 0.29) is 19.0 Å². The summed E-state index contributed by atoms with van der Waals surface area (Å²) >= 11 is 0. The third-order valence-electron chi connectivity index (χ3n) is 2.54. The normalized spacial score (nSPS) is 25.7. The summed E-state index contributed by atoms with van der Waals surface area (Å²) in [6.07, 6.45) is 0.391. The van der Waals surface area contributed by atoms with Gasteiger partial charge < -0.3 is 14.6 Å². The van der Waals surface area contributed by atoms with Gasteiger partial charge in [-0.1, -0.05) is 29.8 Å². The van der Waals surface area contributed by atoms with Crippen LogP contribution in [0.5, 0.6) is 0 Å². The number of ether oxygens (including phenoxy) is 2. The summed E-state index contributed by atoms with van der Waals surface area (Å²) in [6.45, 7) is 2.59. The van der Waals surface area contributed by atoms with E-state index in [4.69, 9.17) is 14.6 Å². The molecule has 0 saturated carbocycles. The van der Waals surface area contributed by atoms with E-state index in [1.807, 2.05) is 0 Å². The lowest BCUT2D eigenvalue weighted by Gasteiger charge is -2.10. The van der Waals surface area contributed by atoms with E-state index in [1.54, 1.807) is 0 Å².